The van der Waals surface area contributed by atoms with Crippen molar-refractivity contribution < 1.29 is 9.84 Å². The molecule has 0 amide bonds. The molecule has 1 aliphatic heterocycles. The monoisotopic (exact) mass is 277 g/mol. The molecule has 0 saturated carbocycles. The number of rotatable bonds is 7. The number of hydrogen-bond donors (Lipinski definition) is 1. The van der Waals surface area contributed by atoms with E-state index in [1.54, 1.807) is 0 Å². The number of nitrogens with zero attached hydrogens (tertiary/aromatic N) is 1. The highest BCUT2D eigenvalue weighted by atomic mass is 16.5. The van der Waals surface area contributed by atoms with Crippen LogP contribution < -0.4 is 4.74 Å². The molecule has 1 aromatic carbocycles. The van der Waals surface area contributed by atoms with Crippen LogP contribution >= 0.6 is 0 Å². The van der Waals surface area contributed by atoms with E-state index in [4.69, 9.17) is 9.84 Å². The van der Waals surface area contributed by atoms with Gasteiger partial charge in [-0.05, 0) is 75.9 Å². The number of benzene rings is 1. The number of piperidine rings is 1. The quantitative estimate of drug-likeness (QED) is 0.778. The van der Waals surface area contributed by atoms with Crippen molar-refractivity contribution >= 4 is 0 Å². The Hall–Kier alpha value is -1.06. The van der Waals surface area contributed by atoms with E-state index in [9.17, 15) is 0 Å². The third-order valence-electron chi connectivity index (χ3n) is 4.16. The Kier molecular flexibility index (Phi) is 6.34. The van der Waals surface area contributed by atoms with E-state index in [0.717, 1.165) is 30.3 Å². The Morgan fingerprint density at radius 3 is 2.85 bits per heavy atom. The van der Waals surface area contributed by atoms with Gasteiger partial charge in [0.1, 0.15) is 5.75 Å². The maximum absolute atomic E-state index is 8.94. The van der Waals surface area contributed by atoms with Crippen LogP contribution in [0.25, 0.3) is 0 Å². The number of hydrogen-bond acceptors (Lipinski definition) is 3. The summed E-state index contributed by atoms with van der Waals surface area (Å²) in [4.78, 5) is 2.42. The van der Waals surface area contributed by atoms with Crippen molar-refractivity contribution in [3.8, 4) is 5.75 Å². The van der Waals surface area contributed by atoms with E-state index in [0.29, 0.717) is 6.42 Å². The van der Waals surface area contributed by atoms with Crippen molar-refractivity contribution in [2.45, 2.75) is 32.1 Å². The molecule has 3 heteroatoms. The van der Waals surface area contributed by atoms with Gasteiger partial charge in [-0.15, -0.1) is 0 Å². The van der Waals surface area contributed by atoms with Crippen LogP contribution in [0.15, 0.2) is 24.3 Å². The van der Waals surface area contributed by atoms with Crippen molar-refractivity contribution in [1.29, 1.82) is 0 Å². The molecule has 0 unspecified atom stereocenters. The van der Waals surface area contributed by atoms with Gasteiger partial charge in [-0.25, -0.2) is 0 Å². The van der Waals surface area contributed by atoms with Gasteiger partial charge < -0.3 is 14.7 Å². The van der Waals surface area contributed by atoms with Crippen molar-refractivity contribution in [2.75, 3.05) is 33.4 Å². The lowest BCUT2D eigenvalue weighted by atomic mass is 9.93. The zero-order valence-corrected chi connectivity index (χ0v) is 12.6. The summed E-state index contributed by atoms with van der Waals surface area (Å²) in [6, 6.07) is 8.06. The van der Waals surface area contributed by atoms with Gasteiger partial charge in [0.2, 0.25) is 0 Å². The lowest BCUT2D eigenvalue weighted by Crippen LogP contribution is -2.30. The molecular weight excluding hydrogens is 250 g/mol. The van der Waals surface area contributed by atoms with E-state index in [1.165, 1.54) is 32.4 Å². The first-order valence-corrected chi connectivity index (χ1v) is 7.79. The first-order valence-electron chi connectivity index (χ1n) is 7.79. The summed E-state index contributed by atoms with van der Waals surface area (Å²) in [5, 5.41) is 8.94. The van der Waals surface area contributed by atoms with Crippen LogP contribution in [0.2, 0.25) is 0 Å². The summed E-state index contributed by atoms with van der Waals surface area (Å²) >= 11 is 0. The fraction of sp³-hybridized carbons (Fsp3) is 0.647. The van der Waals surface area contributed by atoms with Crippen LogP contribution in [-0.2, 0) is 6.42 Å². The number of likely N-dealkylation sites (tertiary alicyclic amines) is 1. The topological polar surface area (TPSA) is 32.7 Å². The van der Waals surface area contributed by atoms with Crippen molar-refractivity contribution in [2.24, 2.45) is 5.92 Å². The van der Waals surface area contributed by atoms with Crippen molar-refractivity contribution in [3.05, 3.63) is 29.8 Å². The van der Waals surface area contributed by atoms with Gasteiger partial charge in [0, 0.05) is 6.61 Å². The van der Waals surface area contributed by atoms with Crippen molar-refractivity contribution in [3.63, 3.8) is 0 Å². The second kappa shape index (κ2) is 8.28. The van der Waals surface area contributed by atoms with Crippen LogP contribution in [0.5, 0.6) is 5.75 Å². The first-order chi connectivity index (χ1) is 9.78. The standard InChI is InChI=1S/C17H27NO2/c1-18-10-7-15(8-11-18)5-3-13-20-17-6-2-4-16(14-17)9-12-19/h2,4,6,14-15,19H,3,5,7-13H2,1H3. The Balaban J connectivity index is 1.64. The van der Waals surface area contributed by atoms with Gasteiger partial charge in [0.15, 0.2) is 0 Å². The molecule has 1 aliphatic rings. The van der Waals surface area contributed by atoms with Crippen LogP contribution in [0.3, 0.4) is 0 Å². The smallest absolute Gasteiger partial charge is 0.119 e. The zero-order valence-electron chi connectivity index (χ0n) is 12.6. The van der Waals surface area contributed by atoms with Gasteiger partial charge in [-0.3, -0.25) is 0 Å². The molecular formula is C17H27NO2. The minimum Gasteiger partial charge on any atom is -0.494 e. The number of aliphatic hydroxyl groups excluding tert-OH is 1. The molecule has 1 N–H and O–H groups in total. The van der Waals surface area contributed by atoms with Crippen LogP contribution in [0, 0.1) is 5.92 Å². The predicted octanol–water partition coefficient (Wildman–Crippen LogP) is 2.72. The minimum absolute atomic E-state index is 0.194. The van der Waals surface area contributed by atoms with Gasteiger partial charge in [-0.1, -0.05) is 12.1 Å². The molecule has 0 radical (unpaired) electrons. The molecule has 3 nitrogen and oxygen atoms in total. The molecule has 0 spiro atoms. The minimum atomic E-state index is 0.194. The lowest BCUT2D eigenvalue weighted by Gasteiger charge is -2.28. The fourth-order valence-corrected chi connectivity index (χ4v) is 2.83. The molecule has 0 aliphatic carbocycles. The normalized spacial score (nSPS) is 17.3. The van der Waals surface area contributed by atoms with E-state index in [-0.39, 0.29) is 6.61 Å². The molecule has 112 valence electrons. The average molecular weight is 277 g/mol. The zero-order chi connectivity index (χ0) is 14.2. The highest BCUT2D eigenvalue weighted by Gasteiger charge is 2.15. The molecule has 0 aromatic heterocycles. The van der Waals surface area contributed by atoms with Crippen molar-refractivity contribution in [1.82, 2.24) is 4.90 Å². The second-order valence-electron chi connectivity index (χ2n) is 5.86. The first kappa shape index (κ1) is 15.3. The molecule has 20 heavy (non-hydrogen) atoms. The summed E-state index contributed by atoms with van der Waals surface area (Å²) in [7, 11) is 2.21. The molecule has 1 heterocycles. The average Bonchev–Trinajstić information content (AvgIpc) is 2.46. The van der Waals surface area contributed by atoms with Gasteiger partial charge >= 0.3 is 0 Å². The lowest BCUT2D eigenvalue weighted by molar-refractivity contribution is 0.200. The Bertz CT molecular complexity index is 386. The summed E-state index contributed by atoms with van der Waals surface area (Å²) in [5.74, 6) is 1.81. The number of ether oxygens (including phenoxy) is 1. The SMILES string of the molecule is CN1CCC(CCCOc2cccc(CCO)c2)CC1. The summed E-state index contributed by atoms with van der Waals surface area (Å²) in [6.45, 7) is 3.48. The van der Waals surface area contributed by atoms with E-state index in [2.05, 4.69) is 11.9 Å². The molecule has 0 bridgehead atoms. The molecule has 1 saturated heterocycles. The Labute approximate surface area is 122 Å². The maximum Gasteiger partial charge on any atom is 0.119 e. The third kappa shape index (κ3) is 5.14. The number of aliphatic hydroxyl groups is 1. The maximum atomic E-state index is 8.94. The predicted molar refractivity (Wildman–Crippen MR) is 82.2 cm³/mol. The summed E-state index contributed by atoms with van der Waals surface area (Å²) < 4.78 is 5.81. The second-order valence-corrected chi connectivity index (χ2v) is 5.86. The highest BCUT2D eigenvalue weighted by Crippen LogP contribution is 2.21. The van der Waals surface area contributed by atoms with Crippen LogP contribution in [-0.4, -0.2) is 43.4 Å². The van der Waals surface area contributed by atoms with E-state index in [1.807, 2.05) is 24.3 Å². The highest BCUT2D eigenvalue weighted by molar-refractivity contribution is 5.28. The van der Waals surface area contributed by atoms with Gasteiger partial charge in [-0.2, -0.15) is 0 Å². The molecule has 1 aromatic rings. The van der Waals surface area contributed by atoms with E-state index < -0.39 is 0 Å². The Morgan fingerprint density at radius 2 is 2.10 bits per heavy atom. The third-order valence-corrected chi connectivity index (χ3v) is 4.16. The summed E-state index contributed by atoms with van der Waals surface area (Å²) in [6.07, 6.45) is 5.79. The van der Waals surface area contributed by atoms with Gasteiger partial charge in [0.05, 0.1) is 6.61 Å². The van der Waals surface area contributed by atoms with Crippen LogP contribution in [0.4, 0.5) is 0 Å². The Morgan fingerprint density at radius 1 is 1.30 bits per heavy atom. The fourth-order valence-electron chi connectivity index (χ4n) is 2.83. The summed E-state index contributed by atoms with van der Waals surface area (Å²) in [5.41, 5.74) is 1.14. The van der Waals surface area contributed by atoms with E-state index >= 15 is 0 Å². The molecule has 1 fully saturated rings. The largest absolute Gasteiger partial charge is 0.494 e. The molecule has 0 atom stereocenters. The van der Waals surface area contributed by atoms with Crippen LogP contribution in [0.1, 0.15) is 31.2 Å². The van der Waals surface area contributed by atoms with Gasteiger partial charge in [0.25, 0.3) is 0 Å². The molecule has 2 rings (SSSR count).